The zero-order chi connectivity index (χ0) is 23.8. The molecule has 0 aliphatic heterocycles. The monoisotopic (exact) mass is 467 g/mol. The number of hydrogen-bond acceptors (Lipinski definition) is 2. The lowest BCUT2D eigenvalue weighted by Crippen LogP contribution is -2.39. The van der Waals surface area contributed by atoms with Gasteiger partial charge in [0, 0.05) is 17.0 Å². The van der Waals surface area contributed by atoms with Crippen LogP contribution in [-0.2, 0) is 19.0 Å². The Hall–Kier alpha value is -3.23. The maximum absolute atomic E-state index is 13.5. The number of carbonyl (C=O) groups is 1. The molecule has 0 heterocycles. The Bertz CT molecular complexity index is 1180. The van der Waals surface area contributed by atoms with Gasteiger partial charge in [0.2, 0.25) is 0 Å². The highest BCUT2D eigenvalue weighted by molar-refractivity contribution is 6.04. The van der Waals surface area contributed by atoms with Crippen molar-refractivity contribution in [1.29, 1.82) is 0 Å². The molecule has 3 aromatic carbocycles. The Morgan fingerprint density at radius 1 is 0.939 bits per heavy atom. The lowest BCUT2D eigenvalue weighted by Gasteiger charge is -2.27. The predicted octanol–water partition coefficient (Wildman–Crippen LogP) is 6.74. The molecule has 1 saturated carbocycles. The van der Waals surface area contributed by atoms with Crippen LogP contribution in [0, 0.1) is 0 Å². The molecule has 0 atom stereocenters. The molecule has 3 aromatic rings. The normalized spacial score (nSPS) is 14.7. The third-order valence-electron chi connectivity index (χ3n) is 5.68. The fourth-order valence-electron chi connectivity index (χ4n) is 3.69. The lowest BCUT2D eigenvalue weighted by molar-refractivity contribution is -0.143. The first-order chi connectivity index (χ1) is 15.5. The molecule has 1 aliphatic rings. The van der Waals surface area contributed by atoms with Crippen molar-refractivity contribution in [2.24, 2.45) is 0 Å². The van der Waals surface area contributed by atoms with E-state index in [4.69, 9.17) is 4.74 Å². The largest absolute Gasteiger partial charge is 0.487 e. The molecular formula is C24H19F6NO2. The minimum Gasteiger partial charge on any atom is -0.487 e. The van der Waals surface area contributed by atoms with Gasteiger partial charge >= 0.3 is 12.4 Å². The second-order valence-electron chi connectivity index (χ2n) is 7.92. The van der Waals surface area contributed by atoms with E-state index in [9.17, 15) is 31.1 Å². The van der Waals surface area contributed by atoms with Crippen molar-refractivity contribution < 1.29 is 35.9 Å². The number of halogens is 6. The van der Waals surface area contributed by atoms with Crippen LogP contribution in [-0.4, -0.2) is 11.9 Å². The van der Waals surface area contributed by atoms with E-state index in [-0.39, 0.29) is 23.4 Å². The van der Waals surface area contributed by atoms with E-state index in [1.165, 1.54) is 6.07 Å². The van der Waals surface area contributed by atoms with Gasteiger partial charge in [0.15, 0.2) is 0 Å². The number of alkyl halides is 6. The number of nitrogens with one attached hydrogen (secondary N) is 1. The van der Waals surface area contributed by atoms with Gasteiger partial charge in [-0.05, 0) is 42.8 Å². The molecule has 33 heavy (non-hydrogen) atoms. The van der Waals surface area contributed by atoms with Crippen LogP contribution < -0.4 is 10.1 Å². The molecule has 0 bridgehead atoms. The van der Waals surface area contributed by atoms with Crippen LogP contribution in [0.3, 0.4) is 0 Å². The van der Waals surface area contributed by atoms with Crippen LogP contribution in [0.2, 0.25) is 0 Å². The Labute approximate surface area is 185 Å². The molecule has 4 rings (SSSR count). The molecule has 0 unspecified atom stereocenters. The van der Waals surface area contributed by atoms with Crippen molar-refractivity contribution in [2.45, 2.75) is 44.3 Å². The minimum atomic E-state index is -5.01. The molecule has 0 radical (unpaired) electrons. The summed E-state index contributed by atoms with van der Waals surface area (Å²) in [5.41, 5.74) is -3.14. The summed E-state index contributed by atoms with van der Waals surface area (Å²) in [5.74, 6) is -0.332. The van der Waals surface area contributed by atoms with Gasteiger partial charge in [-0.25, -0.2) is 0 Å². The number of rotatable bonds is 5. The van der Waals surface area contributed by atoms with E-state index in [0.29, 0.717) is 16.8 Å². The van der Waals surface area contributed by atoms with Gasteiger partial charge < -0.3 is 10.1 Å². The fourth-order valence-corrected chi connectivity index (χ4v) is 3.69. The van der Waals surface area contributed by atoms with Gasteiger partial charge in [0.05, 0.1) is 16.7 Å². The standard InChI is InChI=1S/C24H19F6NO2/c25-23(26,27)16-10-8-15(20(12-16)24(28,29)30)13-33-21-18-7-2-1-4-14(18)9-11-19(21)22(32)31-17-5-3-6-17/h1-2,4,7-12,17H,3,5-6,13H2,(H,31,32). The third kappa shape index (κ3) is 4.91. The first kappa shape index (κ1) is 22.9. The first-order valence-corrected chi connectivity index (χ1v) is 10.3. The van der Waals surface area contributed by atoms with Crippen molar-refractivity contribution in [3.8, 4) is 5.75 Å². The number of carbonyl (C=O) groups excluding carboxylic acids is 1. The summed E-state index contributed by atoms with van der Waals surface area (Å²) in [4.78, 5) is 12.8. The predicted molar refractivity (Wildman–Crippen MR) is 110 cm³/mol. The molecule has 0 spiro atoms. The van der Waals surface area contributed by atoms with Gasteiger partial charge in [-0.3, -0.25) is 4.79 Å². The number of fused-ring (bicyclic) bond motifs is 1. The van der Waals surface area contributed by atoms with Gasteiger partial charge in [-0.2, -0.15) is 26.3 Å². The zero-order valence-corrected chi connectivity index (χ0v) is 17.2. The van der Waals surface area contributed by atoms with Gasteiger partial charge in [0.25, 0.3) is 5.91 Å². The summed E-state index contributed by atoms with van der Waals surface area (Å²) in [6, 6.07) is 11.6. The van der Waals surface area contributed by atoms with E-state index in [1.807, 2.05) is 0 Å². The molecule has 1 fully saturated rings. The summed E-state index contributed by atoms with van der Waals surface area (Å²) in [5, 5.41) is 4.09. The molecular weight excluding hydrogens is 448 g/mol. The number of amides is 1. The lowest BCUT2D eigenvalue weighted by atomic mass is 9.92. The maximum Gasteiger partial charge on any atom is 0.416 e. The van der Waals surface area contributed by atoms with Crippen LogP contribution in [0.4, 0.5) is 26.3 Å². The second kappa shape index (κ2) is 8.61. The van der Waals surface area contributed by atoms with E-state index in [2.05, 4.69) is 5.32 Å². The topological polar surface area (TPSA) is 38.3 Å². The van der Waals surface area contributed by atoms with Crippen molar-refractivity contribution in [1.82, 2.24) is 5.32 Å². The Morgan fingerprint density at radius 2 is 1.67 bits per heavy atom. The molecule has 3 nitrogen and oxygen atoms in total. The van der Waals surface area contributed by atoms with E-state index in [1.54, 1.807) is 30.3 Å². The molecule has 9 heteroatoms. The SMILES string of the molecule is O=C(NC1CCC1)c1ccc2ccccc2c1OCc1ccc(C(F)(F)F)cc1C(F)(F)F. The number of ether oxygens (including phenoxy) is 1. The summed E-state index contributed by atoms with van der Waals surface area (Å²) in [6.45, 7) is -0.662. The van der Waals surface area contributed by atoms with Crippen LogP contribution in [0.5, 0.6) is 5.75 Å². The molecule has 0 aromatic heterocycles. The van der Waals surface area contributed by atoms with Crippen LogP contribution in [0.15, 0.2) is 54.6 Å². The van der Waals surface area contributed by atoms with Crippen molar-refractivity contribution in [3.05, 3.63) is 76.9 Å². The smallest absolute Gasteiger partial charge is 0.416 e. The number of hydrogen-bond donors (Lipinski definition) is 1. The van der Waals surface area contributed by atoms with Crippen LogP contribution >= 0.6 is 0 Å². The van der Waals surface area contributed by atoms with E-state index in [0.717, 1.165) is 25.3 Å². The van der Waals surface area contributed by atoms with Crippen LogP contribution in [0.1, 0.15) is 46.3 Å². The molecule has 0 saturated heterocycles. The highest BCUT2D eigenvalue weighted by Crippen LogP contribution is 2.38. The Morgan fingerprint density at radius 3 is 2.30 bits per heavy atom. The highest BCUT2D eigenvalue weighted by atomic mass is 19.4. The summed E-state index contributed by atoms with van der Waals surface area (Å²) in [7, 11) is 0. The second-order valence-corrected chi connectivity index (χ2v) is 7.92. The van der Waals surface area contributed by atoms with Crippen LogP contribution in [0.25, 0.3) is 10.8 Å². The fraction of sp³-hybridized carbons (Fsp3) is 0.292. The summed E-state index contributed by atoms with van der Waals surface area (Å²) in [6.07, 6.45) is -7.24. The van der Waals surface area contributed by atoms with Crippen molar-refractivity contribution in [3.63, 3.8) is 0 Å². The van der Waals surface area contributed by atoms with E-state index >= 15 is 0 Å². The molecule has 1 N–H and O–H groups in total. The van der Waals surface area contributed by atoms with E-state index < -0.39 is 41.6 Å². The van der Waals surface area contributed by atoms with Gasteiger partial charge in [-0.15, -0.1) is 0 Å². The third-order valence-corrected chi connectivity index (χ3v) is 5.68. The van der Waals surface area contributed by atoms with Crippen molar-refractivity contribution >= 4 is 16.7 Å². The maximum atomic E-state index is 13.5. The zero-order valence-electron chi connectivity index (χ0n) is 17.2. The van der Waals surface area contributed by atoms with Crippen molar-refractivity contribution in [2.75, 3.05) is 0 Å². The highest BCUT2D eigenvalue weighted by Gasteiger charge is 2.38. The Kier molecular flexibility index (Phi) is 5.99. The molecule has 1 aliphatic carbocycles. The summed E-state index contributed by atoms with van der Waals surface area (Å²) >= 11 is 0. The Balaban J connectivity index is 1.70. The minimum absolute atomic E-state index is 0.0311. The average molecular weight is 467 g/mol. The first-order valence-electron chi connectivity index (χ1n) is 10.3. The molecule has 174 valence electrons. The van der Waals surface area contributed by atoms with Gasteiger partial charge in [0.1, 0.15) is 12.4 Å². The quantitative estimate of drug-likeness (QED) is 0.422. The summed E-state index contributed by atoms with van der Waals surface area (Å²) < 4.78 is 85.1. The average Bonchev–Trinajstić information content (AvgIpc) is 2.72. The number of benzene rings is 3. The molecule has 1 amide bonds. The van der Waals surface area contributed by atoms with Gasteiger partial charge in [-0.1, -0.05) is 36.4 Å².